The number of rotatable bonds is 2. The van der Waals surface area contributed by atoms with Crippen molar-refractivity contribution in [2.75, 3.05) is 18.2 Å². The van der Waals surface area contributed by atoms with E-state index in [0.29, 0.717) is 0 Å². The van der Waals surface area contributed by atoms with Gasteiger partial charge in [-0.1, -0.05) is 13.8 Å². The highest BCUT2D eigenvalue weighted by Crippen LogP contribution is 2.18. The van der Waals surface area contributed by atoms with Gasteiger partial charge in [-0.05, 0) is 30.5 Å². The highest BCUT2D eigenvalue weighted by atomic mass is 32.2. The van der Waals surface area contributed by atoms with Gasteiger partial charge in [0.15, 0.2) is 6.19 Å². The lowest BCUT2D eigenvalue weighted by molar-refractivity contribution is 1.20. The first-order valence-electron chi connectivity index (χ1n) is 4.55. The number of thioether (sulfide) groups is 1. The lowest BCUT2D eigenvalue weighted by atomic mass is 10.3. The van der Waals surface area contributed by atoms with Crippen LogP contribution in [-0.4, -0.2) is 13.3 Å². The number of hydrogen-bond donors (Lipinski definition) is 0. The fraction of sp³-hybridized carbons (Fsp3) is 0.364. The molecular weight excluding hydrogens is 192 g/mol. The molecule has 0 saturated heterocycles. The Morgan fingerprint density at radius 1 is 1.21 bits per heavy atom. The summed E-state index contributed by atoms with van der Waals surface area (Å²) >= 11 is 1.70. The Morgan fingerprint density at radius 3 is 2.07 bits per heavy atom. The first kappa shape index (κ1) is 12.9. The first-order valence-corrected chi connectivity index (χ1v) is 5.78. The predicted molar refractivity (Wildman–Crippen MR) is 63.6 cm³/mol. The summed E-state index contributed by atoms with van der Waals surface area (Å²) in [4.78, 5) is 2.74. The Morgan fingerprint density at radius 2 is 1.71 bits per heavy atom. The molecule has 0 saturated carbocycles. The molecule has 0 bridgehead atoms. The monoisotopic (exact) mass is 208 g/mol. The molecule has 76 valence electrons. The number of nitriles is 1. The Kier molecular flexibility index (Phi) is 6.69. The van der Waals surface area contributed by atoms with Gasteiger partial charge in [0.25, 0.3) is 0 Å². The largest absolute Gasteiger partial charge is 0.283 e. The predicted octanol–water partition coefficient (Wildman–Crippen LogP) is 3.35. The maximum absolute atomic E-state index is 8.59. The van der Waals surface area contributed by atoms with Crippen LogP contribution in [0.1, 0.15) is 13.8 Å². The van der Waals surface area contributed by atoms with Crippen LogP contribution in [0.5, 0.6) is 0 Å². The number of nitrogens with zero attached hydrogens (tertiary/aromatic N) is 2. The maximum atomic E-state index is 8.59. The van der Waals surface area contributed by atoms with E-state index < -0.39 is 0 Å². The molecule has 0 aliphatic heterocycles. The molecule has 3 heteroatoms. The minimum atomic E-state index is 0.926. The summed E-state index contributed by atoms with van der Waals surface area (Å²) in [6.07, 6.45) is 4.08. The molecule has 0 amide bonds. The van der Waals surface area contributed by atoms with Crippen LogP contribution < -0.4 is 4.90 Å². The fourth-order valence-corrected chi connectivity index (χ4v) is 1.27. The third kappa shape index (κ3) is 3.71. The van der Waals surface area contributed by atoms with Gasteiger partial charge in [0.2, 0.25) is 0 Å². The second-order valence-corrected chi connectivity index (χ2v) is 3.24. The van der Waals surface area contributed by atoms with Gasteiger partial charge in [-0.15, -0.1) is 11.8 Å². The molecule has 1 aromatic carbocycles. The lowest BCUT2D eigenvalue weighted by Crippen LogP contribution is -2.07. The van der Waals surface area contributed by atoms with Crippen LogP contribution in [0.15, 0.2) is 29.2 Å². The van der Waals surface area contributed by atoms with Crippen LogP contribution in [-0.2, 0) is 0 Å². The van der Waals surface area contributed by atoms with E-state index in [-0.39, 0.29) is 0 Å². The van der Waals surface area contributed by atoms with Crippen LogP contribution in [0.3, 0.4) is 0 Å². The van der Waals surface area contributed by atoms with E-state index in [0.717, 1.165) is 5.69 Å². The van der Waals surface area contributed by atoms with Crippen molar-refractivity contribution in [2.45, 2.75) is 18.7 Å². The van der Waals surface area contributed by atoms with E-state index in [1.165, 1.54) is 9.80 Å². The summed E-state index contributed by atoms with van der Waals surface area (Å²) in [5.41, 5.74) is 0.926. The van der Waals surface area contributed by atoms with Gasteiger partial charge in [0, 0.05) is 11.9 Å². The summed E-state index contributed by atoms with van der Waals surface area (Å²) in [7, 11) is 1.74. The molecule has 0 atom stereocenters. The zero-order valence-electron chi connectivity index (χ0n) is 9.11. The van der Waals surface area contributed by atoms with Gasteiger partial charge in [-0.2, -0.15) is 5.26 Å². The smallest absolute Gasteiger partial charge is 0.183 e. The van der Waals surface area contributed by atoms with E-state index in [9.17, 15) is 0 Å². The van der Waals surface area contributed by atoms with Gasteiger partial charge in [-0.25, -0.2) is 0 Å². The van der Waals surface area contributed by atoms with E-state index >= 15 is 0 Å². The molecule has 0 spiro atoms. The van der Waals surface area contributed by atoms with Crippen LogP contribution >= 0.6 is 11.8 Å². The summed E-state index contributed by atoms with van der Waals surface area (Å²) in [6, 6.07) is 7.89. The van der Waals surface area contributed by atoms with E-state index in [4.69, 9.17) is 5.26 Å². The molecular formula is C11H16N2S. The van der Waals surface area contributed by atoms with Crippen LogP contribution in [0.2, 0.25) is 0 Å². The van der Waals surface area contributed by atoms with Crippen LogP contribution in [0, 0.1) is 11.5 Å². The molecule has 2 nitrogen and oxygen atoms in total. The summed E-state index contributed by atoms with van der Waals surface area (Å²) in [6.45, 7) is 4.00. The third-order valence-electron chi connectivity index (χ3n) is 1.61. The second-order valence-electron chi connectivity index (χ2n) is 2.36. The van der Waals surface area contributed by atoms with Crippen LogP contribution in [0.4, 0.5) is 5.69 Å². The van der Waals surface area contributed by atoms with Crippen molar-refractivity contribution in [3.63, 3.8) is 0 Å². The van der Waals surface area contributed by atoms with Gasteiger partial charge in [0.1, 0.15) is 0 Å². The van der Waals surface area contributed by atoms with Crippen molar-refractivity contribution in [1.82, 2.24) is 0 Å². The standard InChI is InChI=1S/C9H10N2S.C2H6/c1-11(7-10)8-3-5-9(12-2)6-4-8;1-2/h3-6H,1-2H3;1-2H3. The Balaban J connectivity index is 0.000000791. The normalized spacial score (nSPS) is 8.21. The Labute approximate surface area is 90.5 Å². The quantitative estimate of drug-likeness (QED) is 0.423. The molecule has 0 N–H and O–H groups in total. The molecule has 0 radical (unpaired) electrons. The van der Waals surface area contributed by atoms with Gasteiger partial charge in [0.05, 0.1) is 5.69 Å². The molecule has 14 heavy (non-hydrogen) atoms. The molecule has 1 aromatic rings. The molecule has 0 fully saturated rings. The minimum Gasteiger partial charge on any atom is -0.283 e. The van der Waals surface area contributed by atoms with Crippen molar-refractivity contribution in [3.8, 4) is 6.19 Å². The summed E-state index contributed by atoms with van der Waals surface area (Å²) in [5.74, 6) is 0. The number of anilines is 1. The molecule has 0 unspecified atom stereocenters. The highest BCUT2D eigenvalue weighted by Gasteiger charge is 1.97. The third-order valence-corrected chi connectivity index (χ3v) is 2.35. The van der Waals surface area contributed by atoms with E-state index in [2.05, 4.69) is 0 Å². The van der Waals surface area contributed by atoms with Gasteiger partial charge < -0.3 is 0 Å². The summed E-state index contributed by atoms with van der Waals surface area (Å²) in [5, 5.41) is 8.59. The molecule has 0 aliphatic carbocycles. The van der Waals surface area contributed by atoms with Crippen molar-refractivity contribution in [3.05, 3.63) is 24.3 Å². The van der Waals surface area contributed by atoms with Crippen molar-refractivity contribution < 1.29 is 0 Å². The fourth-order valence-electron chi connectivity index (χ4n) is 0.864. The number of benzene rings is 1. The van der Waals surface area contributed by atoms with Gasteiger partial charge in [-0.3, -0.25) is 4.90 Å². The van der Waals surface area contributed by atoms with E-state index in [1.807, 2.05) is 50.6 Å². The maximum Gasteiger partial charge on any atom is 0.183 e. The zero-order chi connectivity index (χ0) is 11.0. The SMILES string of the molecule is CC.CSc1ccc(N(C)C#N)cc1. The second kappa shape index (κ2) is 7.28. The summed E-state index contributed by atoms with van der Waals surface area (Å²) < 4.78 is 0. The minimum absolute atomic E-state index is 0.926. The molecule has 0 aliphatic rings. The number of hydrogen-bond acceptors (Lipinski definition) is 3. The molecule has 0 aromatic heterocycles. The molecule has 0 heterocycles. The first-order chi connectivity index (χ1) is 6.77. The molecule has 1 rings (SSSR count). The zero-order valence-corrected chi connectivity index (χ0v) is 9.93. The Hall–Kier alpha value is -1.14. The van der Waals surface area contributed by atoms with Crippen LogP contribution in [0.25, 0.3) is 0 Å². The highest BCUT2D eigenvalue weighted by molar-refractivity contribution is 7.98. The van der Waals surface area contributed by atoms with E-state index in [1.54, 1.807) is 18.8 Å². The van der Waals surface area contributed by atoms with Crippen molar-refractivity contribution in [1.29, 1.82) is 5.26 Å². The Bertz CT molecular complexity index is 287. The van der Waals surface area contributed by atoms with Crippen molar-refractivity contribution >= 4 is 17.4 Å². The van der Waals surface area contributed by atoms with Crippen molar-refractivity contribution in [2.24, 2.45) is 0 Å². The average molecular weight is 208 g/mol. The lowest BCUT2D eigenvalue weighted by Gasteiger charge is -2.08. The topological polar surface area (TPSA) is 27.0 Å². The average Bonchev–Trinajstić information content (AvgIpc) is 2.31. The van der Waals surface area contributed by atoms with Gasteiger partial charge >= 0.3 is 0 Å².